The van der Waals surface area contributed by atoms with Gasteiger partial charge in [-0.3, -0.25) is 14.5 Å². The molecule has 0 bridgehead atoms. The topological polar surface area (TPSA) is 72.2 Å². The van der Waals surface area contributed by atoms with Crippen molar-refractivity contribution in [2.45, 2.75) is 6.04 Å². The molecule has 1 unspecified atom stereocenters. The Morgan fingerprint density at radius 3 is 2.49 bits per heavy atom. The molecule has 1 saturated heterocycles. The van der Waals surface area contributed by atoms with Gasteiger partial charge in [-0.05, 0) is 48.0 Å². The summed E-state index contributed by atoms with van der Waals surface area (Å²) >= 11 is 0. The van der Waals surface area contributed by atoms with Crippen LogP contribution in [-0.4, -0.2) is 55.1 Å². The molecule has 3 heterocycles. The van der Waals surface area contributed by atoms with Crippen LogP contribution in [0.25, 0.3) is 11.0 Å². The lowest BCUT2D eigenvalue weighted by molar-refractivity contribution is 0.0314. The number of hydrogen-bond donors (Lipinski definition) is 0. The van der Waals surface area contributed by atoms with Crippen molar-refractivity contribution in [2.24, 2.45) is 0 Å². The second kappa shape index (κ2) is 9.80. The Kier molecular flexibility index (Phi) is 6.20. The number of ether oxygens (including phenoxy) is 2. The molecule has 0 aliphatic carbocycles. The Labute approximate surface area is 212 Å². The van der Waals surface area contributed by atoms with E-state index >= 15 is 0 Å². The van der Waals surface area contributed by atoms with Crippen LogP contribution in [0.5, 0.6) is 11.5 Å². The minimum Gasteiger partial charge on any atom is -0.457 e. The summed E-state index contributed by atoms with van der Waals surface area (Å²) in [5, 5.41) is 0.114. The maximum Gasteiger partial charge on any atom is 0.290 e. The normalized spacial score (nSPS) is 17.8. The van der Waals surface area contributed by atoms with E-state index in [9.17, 15) is 14.0 Å². The number of halogens is 1. The monoisotopic (exact) mass is 500 g/mol. The standard InChI is InChI=1S/C29H25FN2O5/c30-20-9-10-24-23(18-20)27(33)25-26(19-5-4-8-22(17-19)36-21-6-2-1-3-7-21)32(29(34)28(25)37-24)12-11-31-13-15-35-16-14-31/h1-10,17-18,26H,11-16H2. The molecule has 0 radical (unpaired) electrons. The Balaban J connectivity index is 1.43. The second-order valence-corrected chi connectivity index (χ2v) is 9.16. The Hall–Kier alpha value is -4.01. The van der Waals surface area contributed by atoms with Crippen molar-refractivity contribution < 1.29 is 23.1 Å². The summed E-state index contributed by atoms with van der Waals surface area (Å²) in [4.78, 5) is 31.2. The Morgan fingerprint density at radius 2 is 1.68 bits per heavy atom. The molecule has 7 nitrogen and oxygen atoms in total. The van der Waals surface area contributed by atoms with Crippen molar-refractivity contribution in [1.82, 2.24) is 9.80 Å². The first-order valence-electron chi connectivity index (χ1n) is 12.3. The summed E-state index contributed by atoms with van der Waals surface area (Å²) in [6.45, 7) is 3.87. The van der Waals surface area contributed by atoms with Crippen molar-refractivity contribution in [2.75, 3.05) is 39.4 Å². The lowest BCUT2D eigenvalue weighted by Gasteiger charge is -2.31. The lowest BCUT2D eigenvalue weighted by Crippen LogP contribution is -2.42. The molecular weight excluding hydrogens is 475 g/mol. The van der Waals surface area contributed by atoms with Crippen molar-refractivity contribution in [1.29, 1.82) is 0 Å². The van der Waals surface area contributed by atoms with Gasteiger partial charge in [0.25, 0.3) is 5.91 Å². The van der Waals surface area contributed by atoms with Gasteiger partial charge in [-0.2, -0.15) is 0 Å². The zero-order valence-corrected chi connectivity index (χ0v) is 20.1. The fraction of sp³-hybridized carbons (Fsp3) is 0.241. The SMILES string of the molecule is O=C1c2oc3ccc(F)cc3c(=O)c2C(c2cccc(Oc3ccccc3)c2)N1CCN1CCOCC1. The molecular formula is C29H25FN2O5. The molecule has 1 atom stereocenters. The average Bonchev–Trinajstić information content (AvgIpc) is 3.21. The summed E-state index contributed by atoms with van der Waals surface area (Å²) in [5.74, 6) is 0.362. The molecule has 1 amide bonds. The van der Waals surface area contributed by atoms with Crippen molar-refractivity contribution >= 4 is 16.9 Å². The van der Waals surface area contributed by atoms with Crippen LogP contribution < -0.4 is 10.2 Å². The lowest BCUT2D eigenvalue weighted by atomic mass is 9.98. The molecule has 1 aromatic heterocycles. The molecule has 8 heteroatoms. The van der Waals surface area contributed by atoms with Crippen molar-refractivity contribution in [3.63, 3.8) is 0 Å². The second-order valence-electron chi connectivity index (χ2n) is 9.16. The van der Waals surface area contributed by atoms with Gasteiger partial charge in [0, 0.05) is 26.2 Å². The van der Waals surface area contributed by atoms with Crippen LogP contribution in [0.4, 0.5) is 4.39 Å². The molecule has 37 heavy (non-hydrogen) atoms. The number of nitrogens with zero attached hydrogens (tertiary/aromatic N) is 2. The third-order valence-electron chi connectivity index (χ3n) is 6.84. The van der Waals surface area contributed by atoms with E-state index in [-0.39, 0.29) is 28.2 Å². The van der Waals surface area contributed by atoms with E-state index < -0.39 is 17.3 Å². The molecule has 6 rings (SSSR count). The van der Waals surface area contributed by atoms with Crippen molar-refractivity contribution in [3.8, 4) is 11.5 Å². The number of fused-ring (bicyclic) bond motifs is 2. The fourth-order valence-corrected chi connectivity index (χ4v) is 5.02. The van der Waals surface area contributed by atoms with E-state index in [0.717, 1.165) is 19.2 Å². The molecule has 188 valence electrons. The number of rotatable bonds is 6. The summed E-state index contributed by atoms with van der Waals surface area (Å²) in [5.41, 5.74) is 0.721. The van der Waals surface area contributed by atoms with Crippen LogP contribution in [-0.2, 0) is 4.74 Å². The molecule has 2 aliphatic heterocycles. The first kappa shape index (κ1) is 23.4. The van der Waals surface area contributed by atoms with Gasteiger partial charge in [0.15, 0.2) is 5.43 Å². The number of amides is 1. The van der Waals surface area contributed by atoms with Gasteiger partial charge in [0.05, 0.1) is 30.2 Å². The minimum absolute atomic E-state index is 0.00506. The smallest absolute Gasteiger partial charge is 0.290 e. The number of carbonyl (C=O) groups is 1. The molecule has 0 N–H and O–H groups in total. The van der Waals surface area contributed by atoms with Crippen LogP contribution in [0.1, 0.15) is 27.7 Å². The number of benzene rings is 3. The molecule has 1 fully saturated rings. The molecule has 3 aromatic carbocycles. The summed E-state index contributed by atoms with van der Waals surface area (Å²) in [6.07, 6.45) is 0. The minimum atomic E-state index is -0.688. The zero-order chi connectivity index (χ0) is 25.4. The molecule has 0 spiro atoms. The van der Waals surface area contributed by atoms with E-state index in [1.807, 2.05) is 54.6 Å². The zero-order valence-electron chi connectivity index (χ0n) is 20.1. The van der Waals surface area contributed by atoms with Crippen LogP contribution in [0.3, 0.4) is 0 Å². The summed E-state index contributed by atoms with van der Waals surface area (Å²) < 4.78 is 31.4. The largest absolute Gasteiger partial charge is 0.457 e. The van der Waals surface area contributed by atoms with Gasteiger partial charge < -0.3 is 18.8 Å². The fourth-order valence-electron chi connectivity index (χ4n) is 5.02. The summed E-state index contributed by atoms with van der Waals surface area (Å²) in [6, 6.07) is 19.8. The van der Waals surface area contributed by atoms with Crippen LogP contribution in [0.15, 0.2) is 82.0 Å². The summed E-state index contributed by atoms with van der Waals surface area (Å²) in [7, 11) is 0. The predicted molar refractivity (Wildman–Crippen MR) is 136 cm³/mol. The van der Waals surface area contributed by atoms with E-state index in [1.165, 1.54) is 12.1 Å². The highest BCUT2D eigenvalue weighted by atomic mass is 19.1. The van der Waals surface area contributed by atoms with Crippen LogP contribution in [0, 0.1) is 5.82 Å². The van der Waals surface area contributed by atoms with Gasteiger partial charge in [-0.25, -0.2) is 4.39 Å². The highest BCUT2D eigenvalue weighted by Crippen LogP contribution is 2.39. The van der Waals surface area contributed by atoms with Gasteiger partial charge in [-0.1, -0.05) is 30.3 Å². The Bertz CT molecular complexity index is 1510. The molecule has 4 aromatic rings. The first-order chi connectivity index (χ1) is 18.1. The van der Waals surface area contributed by atoms with E-state index in [2.05, 4.69) is 4.90 Å². The van der Waals surface area contributed by atoms with Gasteiger partial charge >= 0.3 is 0 Å². The van der Waals surface area contributed by atoms with Crippen LogP contribution in [0.2, 0.25) is 0 Å². The highest BCUT2D eigenvalue weighted by molar-refractivity contribution is 5.99. The predicted octanol–water partition coefficient (Wildman–Crippen LogP) is 4.60. The third kappa shape index (κ3) is 4.50. The number of carbonyl (C=O) groups excluding carboxylic acids is 1. The number of para-hydroxylation sites is 1. The third-order valence-corrected chi connectivity index (χ3v) is 6.84. The van der Waals surface area contributed by atoms with E-state index in [0.29, 0.717) is 43.4 Å². The maximum absolute atomic E-state index is 14.0. The van der Waals surface area contributed by atoms with E-state index in [4.69, 9.17) is 13.9 Å². The average molecular weight is 501 g/mol. The van der Waals surface area contributed by atoms with E-state index in [1.54, 1.807) is 4.90 Å². The number of hydrogen-bond acceptors (Lipinski definition) is 6. The maximum atomic E-state index is 14.0. The van der Waals surface area contributed by atoms with Gasteiger partial charge in [0.2, 0.25) is 5.76 Å². The van der Waals surface area contributed by atoms with Crippen LogP contribution >= 0.6 is 0 Å². The quantitative estimate of drug-likeness (QED) is 0.385. The molecule has 0 saturated carbocycles. The highest BCUT2D eigenvalue weighted by Gasteiger charge is 2.42. The van der Waals surface area contributed by atoms with Crippen molar-refractivity contribution in [3.05, 3.63) is 106 Å². The Morgan fingerprint density at radius 1 is 0.892 bits per heavy atom. The number of morpholine rings is 1. The van der Waals surface area contributed by atoms with Gasteiger partial charge in [0.1, 0.15) is 22.9 Å². The molecule has 2 aliphatic rings. The van der Waals surface area contributed by atoms with Gasteiger partial charge in [-0.15, -0.1) is 0 Å². The first-order valence-corrected chi connectivity index (χ1v) is 12.3.